The van der Waals surface area contributed by atoms with Crippen LogP contribution in [0, 0.1) is 13.8 Å². The summed E-state index contributed by atoms with van der Waals surface area (Å²) in [6.45, 7) is 15.8. The van der Waals surface area contributed by atoms with E-state index in [1.807, 2.05) is 0 Å². The van der Waals surface area contributed by atoms with E-state index in [4.69, 9.17) is 21.1 Å². The van der Waals surface area contributed by atoms with Gasteiger partial charge in [0.25, 0.3) is 0 Å². The van der Waals surface area contributed by atoms with E-state index >= 15 is 0 Å². The van der Waals surface area contributed by atoms with Gasteiger partial charge in [-0.05, 0) is 120 Å². The first-order valence-corrected chi connectivity index (χ1v) is 15.0. The van der Waals surface area contributed by atoms with Crippen LogP contribution in [-0.4, -0.2) is 21.3 Å². The number of nitrogens with zero attached hydrogens (tertiary/aromatic N) is 1. The minimum Gasteiger partial charge on any atom is -0.497 e. The highest BCUT2D eigenvalue weighted by Crippen LogP contribution is 2.51. The molecule has 0 N–H and O–H groups in total. The molecule has 0 fully saturated rings. The van der Waals surface area contributed by atoms with Crippen molar-refractivity contribution in [3.63, 3.8) is 0 Å². The van der Waals surface area contributed by atoms with Crippen molar-refractivity contribution in [1.29, 1.82) is 0 Å². The molecule has 4 heteroatoms. The second-order valence-electron chi connectivity index (χ2n) is 12.8. The average Bonchev–Trinajstić information content (AvgIpc) is 3.24. The van der Waals surface area contributed by atoms with Crippen LogP contribution in [0.15, 0.2) is 76.0 Å². The van der Waals surface area contributed by atoms with Crippen LogP contribution in [-0.2, 0) is 10.8 Å². The number of likely N-dealkylation sites (N-methyl/N-ethyl adjacent to an activating group) is 1. The van der Waals surface area contributed by atoms with Gasteiger partial charge in [-0.3, -0.25) is 0 Å². The molecule has 0 spiro atoms. The van der Waals surface area contributed by atoms with Crippen molar-refractivity contribution in [3.8, 4) is 11.5 Å². The van der Waals surface area contributed by atoms with E-state index in [-0.39, 0.29) is 10.8 Å². The molecular formula is C37H44ClNO2. The third kappa shape index (κ3) is 4.77. The molecule has 0 unspecified atom stereocenters. The normalized spacial score (nSPS) is 21.4. The monoisotopic (exact) mass is 569 g/mol. The molecule has 0 bridgehead atoms. The molecule has 2 aromatic rings. The number of anilines is 1. The molecule has 0 amide bonds. The second-order valence-corrected chi connectivity index (χ2v) is 13.2. The van der Waals surface area contributed by atoms with Crippen molar-refractivity contribution in [1.82, 2.24) is 0 Å². The van der Waals surface area contributed by atoms with Crippen LogP contribution in [0.3, 0.4) is 0 Å². The van der Waals surface area contributed by atoms with Crippen LogP contribution in [0.4, 0.5) is 5.69 Å². The predicted octanol–water partition coefficient (Wildman–Crippen LogP) is 9.86. The Morgan fingerprint density at radius 3 is 2.10 bits per heavy atom. The van der Waals surface area contributed by atoms with Crippen LogP contribution in [0.5, 0.6) is 11.5 Å². The molecule has 0 aromatic heterocycles. The Labute approximate surface area is 251 Å². The molecule has 2 aliphatic carbocycles. The van der Waals surface area contributed by atoms with Crippen LogP contribution in [0.25, 0.3) is 5.57 Å². The number of fused-ring (bicyclic) bond motifs is 2. The largest absolute Gasteiger partial charge is 0.497 e. The van der Waals surface area contributed by atoms with Crippen LogP contribution in [0.2, 0.25) is 0 Å². The Hall–Kier alpha value is -3.17. The first kappa shape index (κ1) is 29.3. The molecule has 2 aromatic carbocycles. The van der Waals surface area contributed by atoms with Gasteiger partial charge in [-0.25, -0.2) is 0 Å². The fraction of sp³-hybridized carbons (Fsp3) is 0.405. The zero-order valence-corrected chi connectivity index (χ0v) is 27.1. The van der Waals surface area contributed by atoms with Crippen molar-refractivity contribution in [3.05, 3.63) is 104 Å². The van der Waals surface area contributed by atoms with Gasteiger partial charge in [-0.15, -0.1) is 0 Å². The zero-order chi connectivity index (χ0) is 29.9. The number of hydrogen-bond acceptors (Lipinski definition) is 3. The lowest BCUT2D eigenvalue weighted by atomic mass is 9.80. The predicted molar refractivity (Wildman–Crippen MR) is 175 cm³/mol. The molecule has 1 heterocycles. The van der Waals surface area contributed by atoms with E-state index in [0.717, 1.165) is 35.8 Å². The summed E-state index contributed by atoms with van der Waals surface area (Å²) in [6.07, 6.45) is 12.2. The van der Waals surface area contributed by atoms with Gasteiger partial charge < -0.3 is 14.4 Å². The van der Waals surface area contributed by atoms with Gasteiger partial charge in [0, 0.05) is 34.3 Å². The number of benzene rings is 2. The Morgan fingerprint density at radius 2 is 1.44 bits per heavy atom. The van der Waals surface area contributed by atoms with Crippen molar-refractivity contribution < 1.29 is 9.47 Å². The van der Waals surface area contributed by atoms with Gasteiger partial charge in [0.2, 0.25) is 0 Å². The van der Waals surface area contributed by atoms with Crippen molar-refractivity contribution in [2.75, 3.05) is 26.2 Å². The van der Waals surface area contributed by atoms with E-state index in [1.54, 1.807) is 14.2 Å². The third-order valence-electron chi connectivity index (χ3n) is 9.54. The number of hydrogen-bond donors (Lipinski definition) is 0. The number of methoxy groups -OCH3 is 2. The lowest BCUT2D eigenvalue weighted by molar-refractivity contribution is 0.413. The highest BCUT2D eigenvalue weighted by Gasteiger charge is 2.40. The minimum atomic E-state index is -0.137. The summed E-state index contributed by atoms with van der Waals surface area (Å²) >= 11 is 7.11. The molecule has 1 aliphatic heterocycles. The van der Waals surface area contributed by atoms with Crippen LogP contribution >= 0.6 is 11.6 Å². The van der Waals surface area contributed by atoms with Crippen LogP contribution < -0.4 is 14.4 Å². The molecule has 3 aliphatic rings. The van der Waals surface area contributed by atoms with E-state index in [0.29, 0.717) is 0 Å². The lowest BCUT2D eigenvalue weighted by Crippen LogP contribution is -2.22. The molecule has 41 heavy (non-hydrogen) atoms. The highest BCUT2D eigenvalue weighted by atomic mass is 35.5. The summed E-state index contributed by atoms with van der Waals surface area (Å²) in [5, 5.41) is 0.891. The lowest BCUT2D eigenvalue weighted by Gasteiger charge is -2.25. The Kier molecular flexibility index (Phi) is 7.57. The van der Waals surface area contributed by atoms with Gasteiger partial charge in [0.05, 0.1) is 14.2 Å². The number of aryl methyl sites for hydroxylation is 2. The Bertz CT molecular complexity index is 1580. The van der Waals surface area contributed by atoms with Gasteiger partial charge in [0.1, 0.15) is 11.5 Å². The first-order chi connectivity index (χ1) is 19.3. The van der Waals surface area contributed by atoms with Gasteiger partial charge in [-0.2, -0.15) is 0 Å². The van der Waals surface area contributed by atoms with Gasteiger partial charge >= 0.3 is 0 Å². The number of ether oxygens (including phenoxy) is 2. The molecule has 5 rings (SSSR count). The number of allylic oxidation sites excluding steroid dienone is 10. The number of halogens is 1. The van der Waals surface area contributed by atoms with E-state index in [2.05, 4.69) is 109 Å². The zero-order valence-electron chi connectivity index (χ0n) is 26.4. The summed E-state index contributed by atoms with van der Waals surface area (Å²) in [4.78, 5) is 2.33. The maximum absolute atomic E-state index is 7.11. The third-order valence-corrected chi connectivity index (χ3v) is 10.0. The summed E-state index contributed by atoms with van der Waals surface area (Å²) < 4.78 is 11.2. The molecule has 3 nitrogen and oxygen atoms in total. The molecular weight excluding hydrogens is 526 g/mol. The average molecular weight is 570 g/mol. The Morgan fingerprint density at radius 1 is 0.805 bits per heavy atom. The fourth-order valence-electron chi connectivity index (χ4n) is 7.30. The summed E-state index contributed by atoms with van der Waals surface area (Å²) in [7, 11) is 5.64. The smallest absolute Gasteiger partial charge is 0.119 e. The minimum absolute atomic E-state index is 0.103. The quantitative estimate of drug-likeness (QED) is 0.357. The molecule has 0 radical (unpaired) electrons. The molecule has 0 atom stereocenters. The summed E-state index contributed by atoms with van der Waals surface area (Å²) in [5.41, 5.74) is 13.9. The summed E-state index contributed by atoms with van der Waals surface area (Å²) in [5.74, 6) is 1.83. The Balaban J connectivity index is 1.47. The maximum Gasteiger partial charge on any atom is 0.119 e. The maximum atomic E-state index is 7.11. The van der Waals surface area contributed by atoms with E-state index < -0.39 is 0 Å². The van der Waals surface area contributed by atoms with Crippen molar-refractivity contribution >= 4 is 22.9 Å². The van der Waals surface area contributed by atoms with E-state index in [1.165, 1.54) is 61.5 Å². The molecule has 0 saturated carbocycles. The molecule has 0 saturated heterocycles. The van der Waals surface area contributed by atoms with E-state index in [9.17, 15) is 0 Å². The number of rotatable bonds is 5. The first-order valence-electron chi connectivity index (χ1n) is 14.6. The summed E-state index contributed by atoms with van der Waals surface area (Å²) in [6, 6.07) is 8.63. The fourth-order valence-corrected chi connectivity index (χ4v) is 7.61. The van der Waals surface area contributed by atoms with Gasteiger partial charge in [0.15, 0.2) is 0 Å². The van der Waals surface area contributed by atoms with Crippen molar-refractivity contribution in [2.45, 2.75) is 78.6 Å². The van der Waals surface area contributed by atoms with Gasteiger partial charge in [-0.1, -0.05) is 57.5 Å². The highest BCUT2D eigenvalue weighted by molar-refractivity contribution is 6.32. The topological polar surface area (TPSA) is 21.7 Å². The molecule has 216 valence electrons. The SMILES string of the molecule is COc1cc(C)c2c(c1)C(C)(C)C(/C=C/C1=C(Cl)C(=C/C=C3\N(C)c4c(C)cc(OC)cc4C3(C)C)CCC1)=C2C. The van der Waals surface area contributed by atoms with Crippen LogP contribution in [0.1, 0.15) is 81.7 Å². The second kappa shape index (κ2) is 10.6. The van der Waals surface area contributed by atoms with Crippen molar-refractivity contribution in [2.24, 2.45) is 0 Å². The standard InChI is InChI=1S/C37H44ClNO2/c1-22-18-27(40-9)20-30-33(22)24(3)29(36(30,4)5)16-14-25-12-11-13-26(34(25)38)15-17-32-37(6,7)31-21-28(41-10)19-23(2)35(31)39(32)8/h14-21H,11-13H2,1-10H3/b16-14+,26-15?,32-17-.